The minimum Gasteiger partial charge on any atom is -0.432 e. The third kappa shape index (κ3) is 2.05. The second-order valence-electron chi connectivity index (χ2n) is 6.63. The maximum Gasteiger partial charge on any atom is 0.297 e. The van der Waals surface area contributed by atoms with Gasteiger partial charge < -0.3 is 14.2 Å². The molecule has 0 radical (unpaired) electrons. The Bertz CT molecular complexity index is 849. The van der Waals surface area contributed by atoms with Crippen molar-refractivity contribution in [1.29, 1.82) is 0 Å². The third-order valence-corrected chi connectivity index (χ3v) is 5.20. The minimum absolute atomic E-state index is 0.383. The van der Waals surface area contributed by atoms with Crippen molar-refractivity contribution in [1.82, 2.24) is 24.8 Å². The summed E-state index contributed by atoms with van der Waals surface area (Å²) >= 11 is 0. The Morgan fingerprint density at radius 3 is 2.79 bits per heavy atom. The summed E-state index contributed by atoms with van der Waals surface area (Å²) in [7, 11) is 2.01. The molecule has 1 saturated heterocycles. The number of fused-ring (bicyclic) bond motifs is 1. The van der Waals surface area contributed by atoms with Gasteiger partial charge in [-0.05, 0) is 25.0 Å². The van der Waals surface area contributed by atoms with Crippen molar-refractivity contribution >= 4 is 17.5 Å². The molecule has 5 rings (SSSR count). The fourth-order valence-electron chi connectivity index (χ4n) is 3.32. The Labute approximate surface area is 139 Å². The van der Waals surface area contributed by atoms with Crippen LogP contribution in [0.15, 0.2) is 29.0 Å². The highest BCUT2D eigenvalue weighted by molar-refractivity contribution is 5.49. The minimum atomic E-state index is 0.383. The number of anilines is 2. The molecule has 0 bridgehead atoms. The van der Waals surface area contributed by atoms with Gasteiger partial charge in [0.2, 0.25) is 0 Å². The molecular weight excluding hydrogens is 306 g/mol. The van der Waals surface area contributed by atoms with Crippen molar-refractivity contribution in [3.05, 3.63) is 30.4 Å². The van der Waals surface area contributed by atoms with Gasteiger partial charge in [0.15, 0.2) is 11.5 Å². The lowest BCUT2D eigenvalue weighted by atomic mass is 9.85. The number of hydrogen-bond donors (Lipinski definition) is 0. The molecule has 0 spiro atoms. The van der Waals surface area contributed by atoms with Gasteiger partial charge in [-0.3, -0.25) is 0 Å². The first-order chi connectivity index (χ1) is 11.8. The molecule has 124 valence electrons. The maximum atomic E-state index is 5.36. The number of aromatic nitrogens is 5. The molecule has 0 aromatic carbocycles. The highest BCUT2D eigenvalue weighted by Gasteiger charge is 2.33. The number of likely N-dealkylation sites (N-methyl/N-ethyl adjacent to an activating group) is 1. The van der Waals surface area contributed by atoms with Gasteiger partial charge in [-0.1, -0.05) is 6.42 Å². The molecule has 24 heavy (non-hydrogen) atoms. The quantitative estimate of drug-likeness (QED) is 0.722. The first-order valence-corrected chi connectivity index (χ1v) is 8.39. The van der Waals surface area contributed by atoms with Crippen LogP contribution in [0.25, 0.3) is 5.65 Å². The first kappa shape index (κ1) is 13.8. The fourth-order valence-corrected chi connectivity index (χ4v) is 3.32. The summed E-state index contributed by atoms with van der Waals surface area (Å²) in [5, 5.41) is 13.4. The summed E-state index contributed by atoms with van der Waals surface area (Å²) < 4.78 is 7.28. The Balaban J connectivity index is 1.34. The van der Waals surface area contributed by atoms with Crippen LogP contribution in [0.3, 0.4) is 0 Å². The second-order valence-corrected chi connectivity index (χ2v) is 6.63. The molecule has 3 aromatic rings. The lowest BCUT2D eigenvalue weighted by Gasteiger charge is -2.43. The van der Waals surface area contributed by atoms with E-state index in [1.165, 1.54) is 19.3 Å². The van der Waals surface area contributed by atoms with Crippen molar-refractivity contribution in [3.8, 4) is 0 Å². The van der Waals surface area contributed by atoms with Crippen molar-refractivity contribution in [2.75, 3.05) is 29.9 Å². The fraction of sp³-hybridized carbons (Fsp3) is 0.500. The van der Waals surface area contributed by atoms with E-state index in [1.54, 1.807) is 12.5 Å². The van der Waals surface area contributed by atoms with E-state index in [2.05, 4.69) is 25.0 Å². The zero-order valence-corrected chi connectivity index (χ0v) is 13.5. The average Bonchev–Trinajstić information content (AvgIpc) is 3.14. The van der Waals surface area contributed by atoms with Crippen molar-refractivity contribution in [2.24, 2.45) is 0 Å². The van der Waals surface area contributed by atoms with Gasteiger partial charge in [0.05, 0.1) is 12.2 Å². The molecule has 8 nitrogen and oxygen atoms in total. The van der Waals surface area contributed by atoms with E-state index in [4.69, 9.17) is 9.52 Å². The van der Waals surface area contributed by atoms with Crippen LogP contribution in [0.2, 0.25) is 0 Å². The molecule has 2 fully saturated rings. The van der Waals surface area contributed by atoms with E-state index in [0.29, 0.717) is 18.0 Å². The predicted octanol–water partition coefficient (Wildman–Crippen LogP) is 1.70. The molecule has 0 atom stereocenters. The van der Waals surface area contributed by atoms with E-state index in [1.807, 2.05) is 23.7 Å². The molecule has 0 unspecified atom stereocenters. The zero-order chi connectivity index (χ0) is 16.1. The van der Waals surface area contributed by atoms with Crippen molar-refractivity contribution in [3.63, 3.8) is 0 Å². The van der Waals surface area contributed by atoms with Gasteiger partial charge in [0.25, 0.3) is 6.01 Å². The van der Waals surface area contributed by atoms with Gasteiger partial charge >= 0.3 is 0 Å². The highest BCUT2D eigenvalue weighted by atomic mass is 16.4. The predicted molar refractivity (Wildman–Crippen MR) is 88.3 cm³/mol. The summed E-state index contributed by atoms with van der Waals surface area (Å²) in [6.07, 6.45) is 6.94. The van der Waals surface area contributed by atoms with Gasteiger partial charge in [0, 0.05) is 26.1 Å². The van der Waals surface area contributed by atoms with E-state index >= 15 is 0 Å². The first-order valence-electron chi connectivity index (χ1n) is 8.39. The van der Waals surface area contributed by atoms with E-state index in [0.717, 1.165) is 30.4 Å². The molecule has 1 aliphatic carbocycles. The zero-order valence-electron chi connectivity index (χ0n) is 13.5. The monoisotopic (exact) mass is 325 g/mol. The Morgan fingerprint density at radius 2 is 2.08 bits per heavy atom. The van der Waals surface area contributed by atoms with Crippen molar-refractivity contribution < 1.29 is 4.42 Å². The van der Waals surface area contributed by atoms with Gasteiger partial charge in [-0.15, -0.1) is 15.3 Å². The van der Waals surface area contributed by atoms with Crippen LogP contribution in [0.5, 0.6) is 0 Å². The van der Waals surface area contributed by atoms with Crippen LogP contribution in [0.4, 0.5) is 11.8 Å². The Hall–Kier alpha value is -2.64. The Morgan fingerprint density at radius 1 is 1.21 bits per heavy atom. The standard InChI is InChI=1S/C16H19N7O/c1-21(16-17-7-8-24-16)12-9-22(10-12)14-6-5-13-18-19-15(23(13)20-14)11-3-2-4-11/h5-8,11-12H,2-4,9-10H2,1H3. The van der Waals surface area contributed by atoms with Crippen LogP contribution in [0, 0.1) is 0 Å². The van der Waals surface area contributed by atoms with Crippen molar-refractivity contribution in [2.45, 2.75) is 31.2 Å². The molecule has 8 heteroatoms. The molecule has 0 amide bonds. The molecule has 2 aliphatic rings. The van der Waals surface area contributed by atoms with Crippen LogP contribution in [0.1, 0.15) is 31.0 Å². The molecule has 0 N–H and O–H groups in total. The second kappa shape index (κ2) is 5.19. The normalized spacial score (nSPS) is 18.6. The van der Waals surface area contributed by atoms with Crippen LogP contribution < -0.4 is 9.80 Å². The number of hydrogen-bond acceptors (Lipinski definition) is 7. The lowest BCUT2D eigenvalue weighted by Crippen LogP contribution is -2.59. The van der Waals surface area contributed by atoms with Crippen LogP contribution >= 0.6 is 0 Å². The SMILES string of the molecule is CN(c1ncco1)C1CN(c2ccc3nnc(C4CCC4)n3n2)C1. The summed E-state index contributed by atoms with van der Waals surface area (Å²) in [4.78, 5) is 8.54. The third-order valence-electron chi connectivity index (χ3n) is 5.20. The topological polar surface area (TPSA) is 75.6 Å². The maximum absolute atomic E-state index is 5.36. The van der Waals surface area contributed by atoms with Crippen LogP contribution in [-0.2, 0) is 0 Å². The largest absolute Gasteiger partial charge is 0.432 e. The summed E-state index contributed by atoms with van der Waals surface area (Å²) in [6.45, 7) is 1.80. The van der Waals surface area contributed by atoms with E-state index in [9.17, 15) is 0 Å². The number of rotatable bonds is 4. The molecule has 3 aromatic heterocycles. The van der Waals surface area contributed by atoms with Gasteiger partial charge in [0.1, 0.15) is 12.1 Å². The summed E-state index contributed by atoms with van der Waals surface area (Å²) in [6, 6.07) is 5.07. The smallest absolute Gasteiger partial charge is 0.297 e. The van der Waals surface area contributed by atoms with E-state index in [-0.39, 0.29) is 0 Å². The molecule has 1 aliphatic heterocycles. The van der Waals surface area contributed by atoms with Gasteiger partial charge in [-0.25, -0.2) is 4.98 Å². The molecular formula is C16H19N7O. The lowest BCUT2D eigenvalue weighted by molar-refractivity contribution is 0.394. The molecule has 4 heterocycles. The van der Waals surface area contributed by atoms with E-state index < -0.39 is 0 Å². The summed E-state index contributed by atoms with van der Waals surface area (Å²) in [5.41, 5.74) is 0.828. The molecule has 1 saturated carbocycles. The average molecular weight is 325 g/mol. The van der Waals surface area contributed by atoms with Gasteiger partial charge in [-0.2, -0.15) is 4.52 Å². The Kier molecular flexibility index (Phi) is 2.97. The highest BCUT2D eigenvalue weighted by Crippen LogP contribution is 2.35. The number of oxazole rings is 1. The number of nitrogens with zero attached hydrogens (tertiary/aromatic N) is 7. The summed E-state index contributed by atoms with van der Waals surface area (Å²) in [5.74, 6) is 2.50. The van der Waals surface area contributed by atoms with Crippen LogP contribution in [-0.4, -0.2) is 51.0 Å².